The highest BCUT2D eigenvalue weighted by Gasteiger charge is 2.50. The highest BCUT2D eigenvalue weighted by molar-refractivity contribution is 5.01. The van der Waals surface area contributed by atoms with Crippen molar-refractivity contribution >= 4 is 0 Å². The van der Waals surface area contributed by atoms with Gasteiger partial charge < -0.3 is 4.90 Å². The second-order valence-corrected chi connectivity index (χ2v) is 7.27. The zero-order valence-electron chi connectivity index (χ0n) is 13.5. The Morgan fingerprint density at radius 2 is 1.52 bits per heavy atom. The van der Waals surface area contributed by atoms with Crippen LogP contribution >= 0.6 is 0 Å². The number of nitrogens with zero attached hydrogens (tertiary/aromatic N) is 3. The average molecular weight is 301 g/mol. The standard InChI is InChI=1S/C16H29F2N3/c1-3-19-8-5-14(16(17,18)13-19)21-9-6-15(7-10-21)11-20(4-2)12-15/h14H,3-13H2,1-2H3. The van der Waals surface area contributed by atoms with Crippen LogP contribution in [0.5, 0.6) is 0 Å². The van der Waals surface area contributed by atoms with E-state index in [9.17, 15) is 8.78 Å². The molecule has 3 heterocycles. The fraction of sp³-hybridized carbons (Fsp3) is 1.00. The summed E-state index contributed by atoms with van der Waals surface area (Å²) in [6, 6.07) is -0.528. The topological polar surface area (TPSA) is 9.72 Å². The molecule has 0 aromatic heterocycles. The summed E-state index contributed by atoms with van der Waals surface area (Å²) in [7, 11) is 0. The largest absolute Gasteiger partial charge is 0.302 e. The fourth-order valence-corrected chi connectivity index (χ4v) is 4.47. The number of alkyl halides is 2. The highest BCUT2D eigenvalue weighted by atomic mass is 19.3. The first-order valence-electron chi connectivity index (χ1n) is 8.54. The molecule has 0 aromatic carbocycles. The maximum absolute atomic E-state index is 14.4. The molecule has 1 atom stereocenters. The predicted octanol–water partition coefficient (Wildman–Crippen LogP) is 2.13. The van der Waals surface area contributed by atoms with Crippen LogP contribution in [0.3, 0.4) is 0 Å². The van der Waals surface area contributed by atoms with Crippen molar-refractivity contribution < 1.29 is 8.78 Å². The van der Waals surface area contributed by atoms with Crippen LogP contribution in [-0.2, 0) is 0 Å². The summed E-state index contributed by atoms with van der Waals surface area (Å²) >= 11 is 0. The van der Waals surface area contributed by atoms with Crippen molar-refractivity contribution in [2.24, 2.45) is 5.41 Å². The number of piperidine rings is 2. The van der Waals surface area contributed by atoms with Gasteiger partial charge in [0, 0.05) is 19.6 Å². The van der Waals surface area contributed by atoms with Crippen molar-refractivity contribution in [2.75, 3.05) is 52.4 Å². The smallest absolute Gasteiger partial charge is 0.275 e. The van der Waals surface area contributed by atoms with Crippen molar-refractivity contribution in [3.05, 3.63) is 0 Å². The summed E-state index contributed by atoms with van der Waals surface area (Å²) in [6.45, 7) is 10.9. The molecule has 0 aliphatic carbocycles. The molecule has 3 saturated heterocycles. The lowest BCUT2D eigenvalue weighted by molar-refractivity contribution is -0.143. The van der Waals surface area contributed by atoms with Gasteiger partial charge in [0.15, 0.2) is 0 Å². The number of hydrogen-bond donors (Lipinski definition) is 0. The fourth-order valence-electron chi connectivity index (χ4n) is 4.47. The molecule has 5 heteroatoms. The zero-order chi connectivity index (χ0) is 15.1. The SMILES string of the molecule is CCN1CC2(CCN(C3CCN(CC)CC3(F)F)CC2)C1. The number of hydrogen-bond acceptors (Lipinski definition) is 3. The molecule has 3 aliphatic heterocycles. The maximum atomic E-state index is 14.4. The highest BCUT2D eigenvalue weighted by Crippen LogP contribution is 2.42. The van der Waals surface area contributed by atoms with E-state index in [2.05, 4.69) is 16.7 Å². The van der Waals surface area contributed by atoms with Gasteiger partial charge in [-0.25, -0.2) is 8.78 Å². The summed E-state index contributed by atoms with van der Waals surface area (Å²) in [5.41, 5.74) is 0.450. The van der Waals surface area contributed by atoms with Gasteiger partial charge in [0.1, 0.15) is 0 Å². The molecular formula is C16H29F2N3. The normalized spacial score (nSPS) is 34.0. The molecule has 0 amide bonds. The van der Waals surface area contributed by atoms with E-state index in [1.807, 2.05) is 11.8 Å². The van der Waals surface area contributed by atoms with E-state index in [0.29, 0.717) is 11.8 Å². The molecule has 21 heavy (non-hydrogen) atoms. The minimum absolute atomic E-state index is 0.0561. The third-order valence-corrected chi connectivity index (χ3v) is 5.95. The van der Waals surface area contributed by atoms with E-state index < -0.39 is 12.0 Å². The first-order chi connectivity index (χ1) is 9.98. The minimum atomic E-state index is -2.55. The monoisotopic (exact) mass is 301 g/mol. The van der Waals surface area contributed by atoms with E-state index in [-0.39, 0.29) is 6.54 Å². The minimum Gasteiger partial charge on any atom is -0.302 e. The molecule has 0 bridgehead atoms. The molecule has 1 unspecified atom stereocenters. The van der Waals surface area contributed by atoms with Gasteiger partial charge in [-0.05, 0) is 50.9 Å². The Labute approximate surface area is 127 Å². The van der Waals surface area contributed by atoms with Crippen LogP contribution in [0.4, 0.5) is 8.78 Å². The van der Waals surface area contributed by atoms with Crippen molar-refractivity contribution in [3.8, 4) is 0 Å². The number of likely N-dealkylation sites (tertiary alicyclic amines) is 3. The lowest BCUT2D eigenvalue weighted by atomic mass is 9.71. The maximum Gasteiger partial charge on any atom is 0.275 e. The summed E-state index contributed by atoms with van der Waals surface area (Å²) in [6.07, 6.45) is 2.83. The summed E-state index contributed by atoms with van der Waals surface area (Å²) in [5, 5.41) is 0. The van der Waals surface area contributed by atoms with Crippen LogP contribution in [0, 0.1) is 5.41 Å². The van der Waals surface area contributed by atoms with E-state index in [0.717, 1.165) is 45.6 Å². The molecule has 3 rings (SSSR count). The van der Waals surface area contributed by atoms with Gasteiger partial charge in [0.05, 0.1) is 12.6 Å². The summed E-state index contributed by atoms with van der Waals surface area (Å²) in [5.74, 6) is -2.55. The molecule has 122 valence electrons. The molecule has 3 nitrogen and oxygen atoms in total. The first kappa shape index (κ1) is 15.6. The van der Waals surface area contributed by atoms with Gasteiger partial charge >= 0.3 is 0 Å². The molecule has 0 N–H and O–H groups in total. The third-order valence-electron chi connectivity index (χ3n) is 5.95. The van der Waals surface area contributed by atoms with Gasteiger partial charge in [0.25, 0.3) is 5.92 Å². The molecular weight excluding hydrogens is 272 g/mol. The van der Waals surface area contributed by atoms with Gasteiger partial charge in [-0.2, -0.15) is 0 Å². The van der Waals surface area contributed by atoms with Gasteiger partial charge in [0.2, 0.25) is 0 Å². The van der Waals surface area contributed by atoms with Crippen LogP contribution in [0.15, 0.2) is 0 Å². The van der Waals surface area contributed by atoms with Gasteiger partial charge in [-0.1, -0.05) is 13.8 Å². The van der Waals surface area contributed by atoms with Crippen molar-refractivity contribution in [3.63, 3.8) is 0 Å². The Kier molecular flexibility index (Phi) is 4.27. The lowest BCUT2D eigenvalue weighted by Gasteiger charge is -2.55. The van der Waals surface area contributed by atoms with E-state index >= 15 is 0 Å². The summed E-state index contributed by atoms with van der Waals surface area (Å²) in [4.78, 5) is 6.43. The van der Waals surface area contributed by atoms with E-state index in [1.54, 1.807) is 0 Å². The van der Waals surface area contributed by atoms with Crippen molar-refractivity contribution in [2.45, 2.75) is 45.1 Å². The average Bonchev–Trinajstić information content (AvgIpc) is 2.44. The van der Waals surface area contributed by atoms with Crippen LogP contribution in [0.1, 0.15) is 33.1 Å². The molecule has 3 aliphatic rings. The molecule has 1 spiro atoms. The third kappa shape index (κ3) is 2.97. The van der Waals surface area contributed by atoms with Crippen LogP contribution < -0.4 is 0 Å². The molecule has 3 fully saturated rings. The Morgan fingerprint density at radius 1 is 0.905 bits per heavy atom. The van der Waals surface area contributed by atoms with Crippen molar-refractivity contribution in [1.82, 2.24) is 14.7 Å². The molecule has 0 radical (unpaired) electrons. The Morgan fingerprint density at radius 3 is 2.05 bits per heavy atom. The second kappa shape index (κ2) is 5.74. The van der Waals surface area contributed by atoms with Gasteiger partial charge in [-0.15, -0.1) is 0 Å². The van der Waals surface area contributed by atoms with Crippen LogP contribution in [-0.4, -0.2) is 79.0 Å². The van der Waals surface area contributed by atoms with Crippen molar-refractivity contribution in [1.29, 1.82) is 0 Å². The van der Waals surface area contributed by atoms with Gasteiger partial charge in [-0.3, -0.25) is 9.80 Å². The van der Waals surface area contributed by atoms with Crippen LogP contribution in [0.25, 0.3) is 0 Å². The Balaban J connectivity index is 1.55. The lowest BCUT2D eigenvalue weighted by Crippen LogP contribution is -2.64. The molecule has 0 saturated carbocycles. The van der Waals surface area contributed by atoms with Crippen LogP contribution in [0.2, 0.25) is 0 Å². The predicted molar refractivity (Wildman–Crippen MR) is 80.8 cm³/mol. The van der Waals surface area contributed by atoms with E-state index in [4.69, 9.17) is 0 Å². The quantitative estimate of drug-likeness (QED) is 0.791. The first-order valence-corrected chi connectivity index (χ1v) is 8.54. The summed E-state index contributed by atoms with van der Waals surface area (Å²) < 4.78 is 28.8. The Hall–Kier alpha value is -0.260. The number of halogens is 2. The van der Waals surface area contributed by atoms with E-state index in [1.165, 1.54) is 13.1 Å². The zero-order valence-corrected chi connectivity index (χ0v) is 13.5. The molecule has 0 aromatic rings. The Bertz CT molecular complexity index is 359. The second-order valence-electron chi connectivity index (χ2n) is 7.27. The number of rotatable bonds is 3.